The minimum absolute atomic E-state index is 0. The minimum Gasteiger partial charge on any atom is -0.338 e. The number of hydrogen-bond donors (Lipinski definition) is 1. The van der Waals surface area contributed by atoms with E-state index in [1.807, 2.05) is 20.9 Å². The summed E-state index contributed by atoms with van der Waals surface area (Å²) in [7, 11) is 2.00. The maximum atomic E-state index is 5.57. The number of halogens is 1. The van der Waals surface area contributed by atoms with Crippen molar-refractivity contribution in [1.82, 2.24) is 15.0 Å². The number of nitrogens with zero attached hydrogens (tertiary/aromatic N) is 3. The molecule has 0 aliphatic carbocycles. The molecule has 16 heavy (non-hydrogen) atoms. The van der Waals surface area contributed by atoms with Crippen LogP contribution in [0.15, 0.2) is 4.52 Å². The van der Waals surface area contributed by atoms with E-state index in [-0.39, 0.29) is 12.4 Å². The summed E-state index contributed by atoms with van der Waals surface area (Å²) in [6.07, 6.45) is 0. The first-order valence-electron chi connectivity index (χ1n) is 5.27. The van der Waals surface area contributed by atoms with Gasteiger partial charge in [0.2, 0.25) is 5.89 Å². The Hall–Kier alpha value is -0.650. The molecule has 1 aromatic heterocycles. The van der Waals surface area contributed by atoms with E-state index in [1.165, 1.54) is 0 Å². The van der Waals surface area contributed by atoms with Gasteiger partial charge in [0.1, 0.15) is 0 Å². The molecule has 0 fully saturated rings. The molecule has 1 atom stereocenters. The summed E-state index contributed by atoms with van der Waals surface area (Å²) in [5.74, 6) is 1.72. The van der Waals surface area contributed by atoms with E-state index in [9.17, 15) is 0 Å². The van der Waals surface area contributed by atoms with Crippen LogP contribution in [0.2, 0.25) is 0 Å². The maximum absolute atomic E-state index is 5.57. The Morgan fingerprint density at radius 3 is 2.44 bits per heavy atom. The molecular weight excluding hydrogens is 228 g/mol. The molecule has 5 nitrogen and oxygen atoms in total. The number of nitrogens with two attached hydrogens (primary N) is 1. The second-order valence-corrected chi connectivity index (χ2v) is 4.20. The van der Waals surface area contributed by atoms with Gasteiger partial charge in [-0.3, -0.25) is 4.90 Å². The summed E-state index contributed by atoms with van der Waals surface area (Å²) in [5.41, 5.74) is 5.57. The van der Waals surface area contributed by atoms with Crippen LogP contribution in [0.1, 0.15) is 38.4 Å². The van der Waals surface area contributed by atoms with E-state index >= 15 is 0 Å². The highest BCUT2D eigenvalue weighted by Gasteiger charge is 2.13. The number of rotatable bonds is 5. The van der Waals surface area contributed by atoms with Crippen molar-refractivity contribution in [2.75, 3.05) is 13.6 Å². The first-order chi connectivity index (χ1) is 7.04. The van der Waals surface area contributed by atoms with Crippen molar-refractivity contribution in [3.05, 3.63) is 11.7 Å². The van der Waals surface area contributed by atoms with Crippen LogP contribution in [0.4, 0.5) is 0 Å². The molecule has 0 aliphatic heterocycles. The monoisotopic (exact) mass is 248 g/mol. The fourth-order valence-corrected chi connectivity index (χ4v) is 1.12. The number of aromatic nitrogens is 2. The minimum atomic E-state index is 0. The topological polar surface area (TPSA) is 68.2 Å². The Labute approximate surface area is 103 Å². The van der Waals surface area contributed by atoms with Gasteiger partial charge in [-0.1, -0.05) is 19.0 Å². The van der Waals surface area contributed by atoms with Crippen LogP contribution in [0.5, 0.6) is 0 Å². The smallest absolute Gasteiger partial charge is 0.240 e. The molecule has 1 aromatic rings. The van der Waals surface area contributed by atoms with Crippen molar-refractivity contribution in [3.8, 4) is 0 Å². The van der Waals surface area contributed by atoms with E-state index in [0.717, 1.165) is 5.82 Å². The SMILES string of the molecule is CC(C)c1noc(CN(C)C(C)CN)n1.Cl. The van der Waals surface area contributed by atoms with Gasteiger partial charge >= 0.3 is 0 Å². The van der Waals surface area contributed by atoms with Crippen molar-refractivity contribution in [1.29, 1.82) is 0 Å². The van der Waals surface area contributed by atoms with E-state index in [1.54, 1.807) is 0 Å². The third-order valence-electron chi connectivity index (χ3n) is 2.48. The third-order valence-corrected chi connectivity index (χ3v) is 2.48. The van der Waals surface area contributed by atoms with E-state index in [0.29, 0.717) is 30.9 Å². The Kier molecular flexibility index (Phi) is 6.55. The molecule has 1 rings (SSSR count). The van der Waals surface area contributed by atoms with Crippen molar-refractivity contribution in [3.63, 3.8) is 0 Å². The van der Waals surface area contributed by atoms with E-state index in [2.05, 4.69) is 22.0 Å². The summed E-state index contributed by atoms with van der Waals surface area (Å²) >= 11 is 0. The molecule has 0 bridgehead atoms. The predicted molar refractivity (Wildman–Crippen MR) is 65.6 cm³/mol. The maximum Gasteiger partial charge on any atom is 0.240 e. The van der Waals surface area contributed by atoms with Gasteiger partial charge < -0.3 is 10.3 Å². The van der Waals surface area contributed by atoms with Gasteiger partial charge in [0.05, 0.1) is 6.54 Å². The summed E-state index contributed by atoms with van der Waals surface area (Å²) in [6.45, 7) is 7.43. The molecule has 0 aliphatic rings. The zero-order valence-electron chi connectivity index (χ0n) is 10.3. The average Bonchev–Trinajstić information content (AvgIpc) is 2.65. The summed E-state index contributed by atoms with van der Waals surface area (Å²) < 4.78 is 5.15. The van der Waals surface area contributed by atoms with Gasteiger partial charge in [-0.25, -0.2) is 0 Å². The Bertz CT molecular complexity index is 303. The molecule has 0 saturated carbocycles. The molecule has 0 amide bonds. The first-order valence-corrected chi connectivity index (χ1v) is 5.27. The Balaban J connectivity index is 0.00000225. The molecule has 0 aromatic carbocycles. The number of likely N-dealkylation sites (N-methyl/N-ethyl adjacent to an activating group) is 1. The zero-order chi connectivity index (χ0) is 11.4. The number of hydrogen-bond acceptors (Lipinski definition) is 5. The quantitative estimate of drug-likeness (QED) is 0.853. The molecule has 6 heteroatoms. The highest BCUT2D eigenvalue weighted by molar-refractivity contribution is 5.85. The Morgan fingerprint density at radius 2 is 2.00 bits per heavy atom. The lowest BCUT2D eigenvalue weighted by Crippen LogP contribution is -2.34. The fourth-order valence-electron chi connectivity index (χ4n) is 1.12. The standard InChI is InChI=1S/C10H20N4O.ClH/c1-7(2)10-12-9(15-13-10)6-14(4)8(3)5-11;/h7-8H,5-6,11H2,1-4H3;1H. The first kappa shape index (κ1) is 15.3. The summed E-state index contributed by atoms with van der Waals surface area (Å²) in [4.78, 5) is 6.40. The van der Waals surface area contributed by atoms with Gasteiger partial charge in [-0.2, -0.15) is 4.98 Å². The highest BCUT2D eigenvalue weighted by Crippen LogP contribution is 2.11. The van der Waals surface area contributed by atoms with Crippen LogP contribution >= 0.6 is 12.4 Å². The molecule has 1 heterocycles. The summed E-state index contributed by atoms with van der Waals surface area (Å²) in [6, 6.07) is 0.319. The Morgan fingerprint density at radius 1 is 1.38 bits per heavy atom. The lowest BCUT2D eigenvalue weighted by atomic mass is 10.2. The lowest BCUT2D eigenvalue weighted by molar-refractivity contribution is 0.218. The second kappa shape index (κ2) is 6.83. The van der Waals surface area contributed by atoms with Crippen LogP contribution in [0.3, 0.4) is 0 Å². The van der Waals surface area contributed by atoms with E-state index < -0.39 is 0 Å². The average molecular weight is 249 g/mol. The van der Waals surface area contributed by atoms with Crippen LogP contribution in [-0.4, -0.2) is 34.7 Å². The third kappa shape index (κ3) is 4.08. The molecule has 94 valence electrons. The van der Waals surface area contributed by atoms with Crippen LogP contribution in [0.25, 0.3) is 0 Å². The van der Waals surface area contributed by atoms with Crippen LogP contribution < -0.4 is 5.73 Å². The molecule has 0 saturated heterocycles. The lowest BCUT2D eigenvalue weighted by Gasteiger charge is -2.20. The van der Waals surface area contributed by atoms with Crippen LogP contribution in [0, 0.1) is 0 Å². The molecular formula is C10H21ClN4O. The van der Waals surface area contributed by atoms with Gasteiger partial charge in [0, 0.05) is 18.5 Å². The predicted octanol–water partition coefficient (Wildman–Crippen LogP) is 1.39. The molecule has 1 unspecified atom stereocenters. The largest absolute Gasteiger partial charge is 0.338 e. The molecule has 0 spiro atoms. The molecule has 2 N–H and O–H groups in total. The highest BCUT2D eigenvalue weighted by atomic mass is 35.5. The van der Waals surface area contributed by atoms with Gasteiger partial charge in [-0.05, 0) is 14.0 Å². The van der Waals surface area contributed by atoms with Crippen molar-refractivity contribution in [2.45, 2.75) is 39.3 Å². The van der Waals surface area contributed by atoms with Crippen molar-refractivity contribution >= 4 is 12.4 Å². The van der Waals surface area contributed by atoms with Crippen molar-refractivity contribution < 1.29 is 4.52 Å². The summed E-state index contributed by atoms with van der Waals surface area (Å²) in [5, 5.41) is 3.91. The molecule has 0 radical (unpaired) electrons. The van der Waals surface area contributed by atoms with Crippen molar-refractivity contribution in [2.24, 2.45) is 5.73 Å². The van der Waals surface area contributed by atoms with Crippen LogP contribution in [-0.2, 0) is 6.54 Å². The fraction of sp³-hybridized carbons (Fsp3) is 0.800. The second-order valence-electron chi connectivity index (χ2n) is 4.20. The van der Waals surface area contributed by atoms with Gasteiger partial charge in [0.15, 0.2) is 5.82 Å². The van der Waals surface area contributed by atoms with Gasteiger partial charge in [0.25, 0.3) is 0 Å². The van der Waals surface area contributed by atoms with E-state index in [4.69, 9.17) is 10.3 Å². The normalized spacial score (nSPS) is 12.9. The zero-order valence-corrected chi connectivity index (χ0v) is 11.1. The van der Waals surface area contributed by atoms with Gasteiger partial charge in [-0.15, -0.1) is 12.4 Å².